The molecular weight excluding hydrogens is 378 g/mol. The summed E-state index contributed by atoms with van der Waals surface area (Å²) in [5.74, 6) is -5.86. The van der Waals surface area contributed by atoms with Crippen LogP contribution in [0.4, 0.5) is 8.78 Å². The largest absolute Gasteiger partial charge is 0.463 e. The number of ether oxygens (including phenoxy) is 4. The fraction of sp³-hybridized carbons (Fsp3) is 0.842. The molecule has 4 aliphatic carbocycles. The number of alkyl halides is 2. The Bertz CT molecular complexity index is 658. The smallest absolute Gasteiger partial charge is 0.376 e. The minimum atomic E-state index is -3.51. The molecule has 156 valence electrons. The van der Waals surface area contributed by atoms with Crippen LogP contribution in [0.2, 0.25) is 0 Å². The van der Waals surface area contributed by atoms with Crippen molar-refractivity contribution in [2.24, 2.45) is 17.8 Å². The van der Waals surface area contributed by atoms with Crippen LogP contribution in [-0.2, 0) is 33.3 Å². The first-order chi connectivity index (χ1) is 13.2. The van der Waals surface area contributed by atoms with Crippen molar-refractivity contribution in [1.82, 2.24) is 0 Å². The molecule has 0 N–H and O–H groups in total. The fourth-order valence-electron chi connectivity index (χ4n) is 5.49. The maximum Gasteiger partial charge on any atom is 0.376 e. The number of esters is 3. The number of hydrogen-bond donors (Lipinski definition) is 0. The molecule has 5 aliphatic rings. The second kappa shape index (κ2) is 6.93. The minimum absolute atomic E-state index is 0.0432. The second-order valence-corrected chi connectivity index (χ2v) is 8.63. The maximum absolute atomic E-state index is 13.2. The topological polar surface area (TPSA) is 88.1 Å². The molecule has 3 atom stereocenters. The third-order valence-corrected chi connectivity index (χ3v) is 6.39. The third kappa shape index (κ3) is 3.73. The lowest BCUT2D eigenvalue weighted by Gasteiger charge is -2.58. The molecule has 0 aromatic rings. The molecule has 3 unspecified atom stereocenters. The van der Waals surface area contributed by atoms with E-state index in [-0.39, 0.29) is 25.0 Å². The summed E-state index contributed by atoms with van der Waals surface area (Å²) in [5.41, 5.74) is -0.524. The van der Waals surface area contributed by atoms with Crippen LogP contribution in [0.5, 0.6) is 0 Å². The zero-order valence-electron chi connectivity index (χ0n) is 15.7. The predicted octanol–water partition coefficient (Wildman–Crippen LogP) is 2.01. The van der Waals surface area contributed by atoms with Crippen molar-refractivity contribution < 1.29 is 42.1 Å². The van der Waals surface area contributed by atoms with E-state index >= 15 is 0 Å². The lowest BCUT2D eigenvalue weighted by atomic mass is 9.53. The van der Waals surface area contributed by atoms with Crippen LogP contribution in [0.3, 0.4) is 0 Å². The van der Waals surface area contributed by atoms with Crippen molar-refractivity contribution in [2.75, 3.05) is 13.2 Å². The van der Waals surface area contributed by atoms with E-state index in [1.165, 1.54) is 0 Å². The van der Waals surface area contributed by atoms with Gasteiger partial charge in [-0.2, -0.15) is 8.78 Å². The number of carbonyl (C=O) groups excluding carboxylic acids is 3. The van der Waals surface area contributed by atoms with Crippen molar-refractivity contribution in [2.45, 2.75) is 69.2 Å². The molecule has 4 saturated carbocycles. The lowest BCUT2D eigenvalue weighted by Crippen LogP contribution is -2.59. The van der Waals surface area contributed by atoms with Gasteiger partial charge in [-0.3, -0.25) is 0 Å². The van der Waals surface area contributed by atoms with Crippen LogP contribution in [0.15, 0.2) is 0 Å². The summed E-state index contributed by atoms with van der Waals surface area (Å²) in [6.45, 7) is 0.513. The van der Waals surface area contributed by atoms with Crippen molar-refractivity contribution >= 4 is 17.9 Å². The van der Waals surface area contributed by atoms with Gasteiger partial charge in [-0.25, -0.2) is 14.4 Å². The van der Waals surface area contributed by atoms with Crippen molar-refractivity contribution in [3.8, 4) is 0 Å². The molecule has 0 radical (unpaired) electrons. The zero-order chi connectivity index (χ0) is 20.1. The number of rotatable bonds is 6. The second-order valence-electron chi connectivity index (χ2n) is 8.63. The zero-order valence-corrected chi connectivity index (χ0v) is 15.7. The van der Waals surface area contributed by atoms with Crippen molar-refractivity contribution in [3.63, 3.8) is 0 Å². The van der Waals surface area contributed by atoms with Crippen LogP contribution < -0.4 is 0 Å². The minimum Gasteiger partial charge on any atom is -0.463 e. The average molecular weight is 402 g/mol. The Morgan fingerprint density at radius 2 is 1.86 bits per heavy atom. The van der Waals surface area contributed by atoms with E-state index < -0.39 is 41.6 Å². The molecule has 1 saturated heterocycles. The van der Waals surface area contributed by atoms with E-state index in [2.05, 4.69) is 0 Å². The summed E-state index contributed by atoms with van der Waals surface area (Å²) >= 11 is 0. The molecule has 28 heavy (non-hydrogen) atoms. The SMILES string of the molecule is CC(F)(F)C(=O)OC1C2CC3CC1CC(OCC(=O)OC1CCOC1=O)(C3)C2. The average Bonchev–Trinajstić information content (AvgIpc) is 2.99. The van der Waals surface area contributed by atoms with Gasteiger partial charge in [-0.05, 0) is 49.9 Å². The summed E-state index contributed by atoms with van der Waals surface area (Å²) in [6, 6.07) is 0. The number of hydrogen-bond acceptors (Lipinski definition) is 7. The molecule has 4 bridgehead atoms. The first kappa shape index (κ1) is 19.5. The van der Waals surface area contributed by atoms with Crippen molar-refractivity contribution in [1.29, 1.82) is 0 Å². The normalized spacial score (nSPS) is 39.0. The molecule has 1 heterocycles. The van der Waals surface area contributed by atoms with Crippen LogP contribution in [0, 0.1) is 17.8 Å². The summed E-state index contributed by atoms with van der Waals surface area (Å²) in [4.78, 5) is 35.1. The quantitative estimate of drug-likeness (QED) is 0.496. The van der Waals surface area contributed by atoms with Crippen LogP contribution in [-0.4, -0.2) is 54.9 Å². The van der Waals surface area contributed by atoms with Crippen LogP contribution in [0.1, 0.15) is 45.4 Å². The highest BCUT2D eigenvalue weighted by Gasteiger charge is 2.58. The van der Waals surface area contributed by atoms with Crippen LogP contribution in [0.25, 0.3) is 0 Å². The van der Waals surface area contributed by atoms with E-state index in [1.807, 2.05) is 0 Å². The first-order valence-corrected chi connectivity index (χ1v) is 9.74. The highest BCUT2D eigenvalue weighted by molar-refractivity contribution is 5.81. The van der Waals surface area contributed by atoms with Gasteiger partial charge < -0.3 is 18.9 Å². The lowest BCUT2D eigenvalue weighted by molar-refractivity contribution is -0.225. The Hall–Kier alpha value is -1.77. The molecule has 7 nitrogen and oxygen atoms in total. The summed E-state index contributed by atoms with van der Waals surface area (Å²) in [6.07, 6.45) is 2.50. The van der Waals surface area contributed by atoms with E-state index in [0.29, 0.717) is 32.1 Å². The number of halogens is 2. The Labute approximate surface area is 161 Å². The molecule has 0 aromatic heterocycles. The Balaban J connectivity index is 1.35. The highest BCUT2D eigenvalue weighted by atomic mass is 19.3. The van der Waals surface area contributed by atoms with Gasteiger partial charge in [0.15, 0.2) is 0 Å². The van der Waals surface area contributed by atoms with Gasteiger partial charge in [0.1, 0.15) is 12.7 Å². The Morgan fingerprint density at radius 3 is 2.43 bits per heavy atom. The standard InChI is InChI=1S/C19H24F2O7/c1-18(20,21)17(24)28-15-11-4-10-5-12(15)8-19(6-10,7-11)26-9-14(22)27-13-2-3-25-16(13)23/h10-13,15H,2-9H2,1H3. The molecule has 0 spiro atoms. The molecule has 9 heteroatoms. The number of cyclic esters (lactones) is 1. The van der Waals surface area contributed by atoms with E-state index in [4.69, 9.17) is 18.9 Å². The maximum atomic E-state index is 13.2. The highest BCUT2D eigenvalue weighted by Crippen LogP contribution is 2.58. The molecule has 5 fully saturated rings. The van der Waals surface area contributed by atoms with Gasteiger partial charge >= 0.3 is 23.8 Å². The summed E-state index contributed by atoms with van der Waals surface area (Å²) in [5, 5.41) is 0. The van der Waals surface area contributed by atoms with Crippen molar-refractivity contribution in [3.05, 3.63) is 0 Å². The molecular formula is C19H24F2O7. The summed E-state index contributed by atoms with van der Waals surface area (Å²) in [7, 11) is 0. The van der Waals surface area contributed by atoms with Gasteiger partial charge in [0.25, 0.3) is 0 Å². The molecule has 5 rings (SSSR count). The van der Waals surface area contributed by atoms with Crippen LogP contribution >= 0.6 is 0 Å². The Kier molecular flexibility index (Phi) is 4.84. The fourth-order valence-corrected chi connectivity index (χ4v) is 5.49. The van der Waals surface area contributed by atoms with E-state index in [0.717, 1.165) is 19.3 Å². The molecule has 1 aliphatic heterocycles. The third-order valence-electron chi connectivity index (χ3n) is 6.39. The van der Waals surface area contributed by atoms with Gasteiger partial charge in [0, 0.05) is 13.3 Å². The summed E-state index contributed by atoms with van der Waals surface area (Å²) < 4.78 is 47.5. The van der Waals surface area contributed by atoms with Gasteiger partial charge in [0.2, 0.25) is 6.10 Å². The van der Waals surface area contributed by atoms with E-state index in [1.54, 1.807) is 0 Å². The first-order valence-electron chi connectivity index (χ1n) is 9.74. The number of carbonyl (C=O) groups is 3. The predicted molar refractivity (Wildman–Crippen MR) is 88.2 cm³/mol. The molecule has 0 amide bonds. The van der Waals surface area contributed by atoms with E-state index in [9.17, 15) is 23.2 Å². The molecule has 0 aromatic carbocycles. The van der Waals surface area contributed by atoms with Gasteiger partial charge in [0.05, 0.1) is 12.2 Å². The Morgan fingerprint density at radius 1 is 1.18 bits per heavy atom. The van der Waals surface area contributed by atoms with Gasteiger partial charge in [-0.15, -0.1) is 0 Å². The monoisotopic (exact) mass is 402 g/mol. The van der Waals surface area contributed by atoms with Gasteiger partial charge in [-0.1, -0.05) is 0 Å².